The van der Waals surface area contributed by atoms with E-state index in [9.17, 15) is 0 Å². The lowest BCUT2D eigenvalue weighted by Crippen LogP contribution is -2.27. The Morgan fingerprint density at radius 1 is 0.759 bits per heavy atom. The average Bonchev–Trinajstić information content (AvgIpc) is 2.77. The summed E-state index contributed by atoms with van der Waals surface area (Å²) >= 11 is 0. The lowest BCUT2D eigenvalue weighted by molar-refractivity contribution is 0.223. The minimum atomic E-state index is 0. The van der Waals surface area contributed by atoms with Crippen LogP contribution in [0.15, 0.2) is 84.9 Å². The molecular weight excluding hydrogens is 378 g/mol. The van der Waals surface area contributed by atoms with E-state index < -0.39 is 0 Å². The zero-order valence-corrected chi connectivity index (χ0v) is 18.1. The van der Waals surface area contributed by atoms with E-state index in [0.29, 0.717) is 6.61 Å². The van der Waals surface area contributed by atoms with Crippen molar-refractivity contribution < 1.29 is 4.74 Å². The molecule has 0 saturated heterocycles. The number of halogens is 1. The summed E-state index contributed by atoms with van der Waals surface area (Å²) in [6, 6.07) is 29.4. The van der Waals surface area contributed by atoms with Crippen molar-refractivity contribution in [2.24, 2.45) is 0 Å². The van der Waals surface area contributed by atoms with E-state index in [1.54, 1.807) is 0 Å². The second-order valence-corrected chi connectivity index (χ2v) is 6.73. The fraction of sp³-hybridized carbons (Fsp3) is 0.231. The zero-order chi connectivity index (χ0) is 19.6. The van der Waals surface area contributed by atoms with E-state index in [1.807, 2.05) is 6.07 Å². The van der Waals surface area contributed by atoms with Crippen molar-refractivity contribution in [1.82, 2.24) is 4.90 Å². The molecule has 0 aliphatic heterocycles. The first-order valence-corrected chi connectivity index (χ1v) is 10.1. The van der Waals surface area contributed by atoms with Crippen molar-refractivity contribution in [3.63, 3.8) is 0 Å². The van der Waals surface area contributed by atoms with E-state index in [4.69, 9.17) is 4.74 Å². The summed E-state index contributed by atoms with van der Waals surface area (Å²) in [6.07, 6.45) is 2.24. The molecule has 0 heterocycles. The summed E-state index contributed by atoms with van der Waals surface area (Å²) in [5.41, 5.74) is 4.80. The number of ether oxygens (including phenoxy) is 1. The molecule has 3 aromatic carbocycles. The van der Waals surface area contributed by atoms with Crippen molar-refractivity contribution in [2.75, 3.05) is 26.2 Å². The standard InChI is InChI=1S/C26H29NO.ClH/c1-3-27(4-2)19-20-28-25-17-15-24(16-18-25)26(23-13-9-6-10-14-23)21-22-11-7-5-8-12-22;/h5-18,21H,3-4,19-20H2,1-2H3;1H/b26-21-;. The first kappa shape index (κ1) is 22.7. The maximum absolute atomic E-state index is 5.94. The van der Waals surface area contributed by atoms with Gasteiger partial charge in [0.15, 0.2) is 0 Å². The molecule has 0 radical (unpaired) electrons. The van der Waals surface area contributed by atoms with Gasteiger partial charge in [0.2, 0.25) is 0 Å². The molecule has 0 bridgehead atoms. The van der Waals surface area contributed by atoms with Gasteiger partial charge in [0.05, 0.1) is 0 Å². The third-order valence-electron chi connectivity index (χ3n) is 4.93. The SMILES string of the molecule is CCN(CC)CCOc1ccc(/C(=C\c2ccccc2)c2ccccc2)cc1.Cl. The molecule has 0 spiro atoms. The lowest BCUT2D eigenvalue weighted by Gasteiger charge is -2.18. The molecular formula is C26H30ClNO. The lowest BCUT2D eigenvalue weighted by atomic mass is 9.95. The third kappa shape index (κ3) is 6.77. The summed E-state index contributed by atoms with van der Waals surface area (Å²) in [5, 5.41) is 0. The molecule has 0 atom stereocenters. The summed E-state index contributed by atoms with van der Waals surface area (Å²) in [6.45, 7) is 8.16. The minimum absolute atomic E-state index is 0. The van der Waals surface area contributed by atoms with Crippen LogP contribution in [0, 0.1) is 0 Å². The van der Waals surface area contributed by atoms with Crippen LogP contribution in [0.2, 0.25) is 0 Å². The predicted molar refractivity (Wildman–Crippen MR) is 127 cm³/mol. The van der Waals surface area contributed by atoms with Crippen LogP contribution in [-0.4, -0.2) is 31.1 Å². The number of likely N-dealkylation sites (N-methyl/N-ethyl adjacent to an activating group) is 1. The highest BCUT2D eigenvalue weighted by atomic mass is 35.5. The van der Waals surface area contributed by atoms with Gasteiger partial charge in [-0.3, -0.25) is 0 Å². The van der Waals surface area contributed by atoms with Gasteiger partial charge < -0.3 is 9.64 Å². The third-order valence-corrected chi connectivity index (χ3v) is 4.93. The summed E-state index contributed by atoms with van der Waals surface area (Å²) < 4.78 is 5.94. The van der Waals surface area contributed by atoms with E-state index in [1.165, 1.54) is 22.3 Å². The smallest absolute Gasteiger partial charge is 0.119 e. The highest BCUT2D eigenvalue weighted by molar-refractivity contribution is 5.91. The molecule has 0 fully saturated rings. The van der Waals surface area contributed by atoms with Crippen molar-refractivity contribution in [1.29, 1.82) is 0 Å². The summed E-state index contributed by atoms with van der Waals surface area (Å²) in [5.74, 6) is 0.919. The quantitative estimate of drug-likeness (QED) is 0.379. The maximum Gasteiger partial charge on any atom is 0.119 e. The number of hydrogen-bond donors (Lipinski definition) is 0. The average molecular weight is 408 g/mol. The second-order valence-electron chi connectivity index (χ2n) is 6.73. The normalized spacial score (nSPS) is 11.2. The molecule has 0 N–H and O–H groups in total. The molecule has 0 saturated carbocycles. The predicted octanol–water partition coefficient (Wildman–Crippen LogP) is 6.42. The topological polar surface area (TPSA) is 12.5 Å². The first-order valence-electron chi connectivity index (χ1n) is 10.1. The molecule has 3 rings (SSSR count). The highest BCUT2D eigenvalue weighted by Gasteiger charge is 2.06. The van der Waals surface area contributed by atoms with E-state index in [-0.39, 0.29) is 12.4 Å². The molecule has 0 unspecified atom stereocenters. The van der Waals surface area contributed by atoms with E-state index in [0.717, 1.165) is 25.4 Å². The fourth-order valence-electron chi connectivity index (χ4n) is 3.23. The molecule has 2 nitrogen and oxygen atoms in total. The Kier molecular flexibility index (Phi) is 9.49. The first-order chi connectivity index (χ1) is 13.8. The Balaban J connectivity index is 0.00000300. The molecule has 0 aliphatic carbocycles. The van der Waals surface area contributed by atoms with Gasteiger partial charge in [-0.2, -0.15) is 0 Å². The molecule has 0 aliphatic rings. The highest BCUT2D eigenvalue weighted by Crippen LogP contribution is 2.27. The van der Waals surface area contributed by atoms with Gasteiger partial charge in [-0.15, -0.1) is 12.4 Å². The van der Waals surface area contributed by atoms with Crippen LogP contribution in [0.3, 0.4) is 0 Å². The van der Waals surface area contributed by atoms with Crippen molar-refractivity contribution >= 4 is 24.1 Å². The zero-order valence-electron chi connectivity index (χ0n) is 17.3. The van der Waals surface area contributed by atoms with Crippen LogP contribution < -0.4 is 4.74 Å². The Bertz CT molecular complexity index is 856. The fourth-order valence-corrected chi connectivity index (χ4v) is 3.23. The van der Waals surface area contributed by atoms with Crippen molar-refractivity contribution in [3.05, 3.63) is 102 Å². The van der Waals surface area contributed by atoms with Crippen LogP contribution in [0.5, 0.6) is 5.75 Å². The van der Waals surface area contributed by atoms with Crippen LogP contribution in [0.4, 0.5) is 0 Å². The number of rotatable bonds is 9. The molecule has 0 amide bonds. The van der Waals surface area contributed by atoms with Crippen LogP contribution in [-0.2, 0) is 0 Å². The van der Waals surface area contributed by atoms with Gasteiger partial charge in [-0.1, -0.05) is 86.6 Å². The molecule has 3 aromatic rings. The van der Waals surface area contributed by atoms with Gasteiger partial charge in [-0.25, -0.2) is 0 Å². The van der Waals surface area contributed by atoms with Crippen molar-refractivity contribution in [2.45, 2.75) is 13.8 Å². The maximum atomic E-state index is 5.94. The molecule has 152 valence electrons. The Hall–Kier alpha value is -2.55. The minimum Gasteiger partial charge on any atom is -0.492 e. The van der Waals surface area contributed by atoms with Gasteiger partial charge in [0.1, 0.15) is 12.4 Å². The molecule has 29 heavy (non-hydrogen) atoms. The summed E-state index contributed by atoms with van der Waals surface area (Å²) in [7, 11) is 0. The Morgan fingerprint density at radius 3 is 1.90 bits per heavy atom. The number of nitrogens with zero attached hydrogens (tertiary/aromatic N) is 1. The largest absolute Gasteiger partial charge is 0.492 e. The van der Waals surface area contributed by atoms with Crippen LogP contribution >= 0.6 is 12.4 Å². The van der Waals surface area contributed by atoms with Gasteiger partial charge in [0.25, 0.3) is 0 Å². The Labute approximate surface area is 181 Å². The van der Waals surface area contributed by atoms with Crippen LogP contribution in [0.25, 0.3) is 11.6 Å². The van der Waals surface area contributed by atoms with Gasteiger partial charge in [-0.05, 0) is 53.6 Å². The van der Waals surface area contributed by atoms with Gasteiger partial charge in [0, 0.05) is 6.54 Å². The number of hydrogen-bond acceptors (Lipinski definition) is 2. The summed E-state index contributed by atoms with van der Waals surface area (Å²) in [4.78, 5) is 2.37. The van der Waals surface area contributed by atoms with Gasteiger partial charge >= 0.3 is 0 Å². The Morgan fingerprint density at radius 2 is 1.31 bits per heavy atom. The van der Waals surface area contributed by atoms with E-state index >= 15 is 0 Å². The number of benzene rings is 3. The van der Waals surface area contributed by atoms with Crippen molar-refractivity contribution in [3.8, 4) is 5.75 Å². The van der Waals surface area contributed by atoms with Crippen LogP contribution in [0.1, 0.15) is 30.5 Å². The molecule has 0 aromatic heterocycles. The monoisotopic (exact) mass is 407 g/mol. The second kappa shape index (κ2) is 12.1. The van der Waals surface area contributed by atoms with E-state index in [2.05, 4.69) is 104 Å². The molecule has 3 heteroatoms.